The van der Waals surface area contributed by atoms with Crippen LogP contribution in [-0.2, 0) is 10.2 Å². The number of ether oxygens (including phenoxy) is 1. The Hall–Kier alpha value is -0.970. The Morgan fingerprint density at radius 3 is 2.58 bits per heavy atom. The molecule has 19 heavy (non-hydrogen) atoms. The van der Waals surface area contributed by atoms with Gasteiger partial charge in [0, 0.05) is 25.6 Å². The molecule has 0 saturated carbocycles. The van der Waals surface area contributed by atoms with Gasteiger partial charge in [-0.25, -0.2) is 4.39 Å². The van der Waals surface area contributed by atoms with Crippen LogP contribution in [0.1, 0.15) is 18.4 Å². The lowest BCUT2D eigenvalue weighted by Gasteiger charge is -2.41. The highest BCUT2D eigenvalue weighted by atomic mass is 19.1. The molecule has 4 heteroatoms. The van der Waals surface area contributed by atoms with Gasteiger partial charge in [-0.1, -0.05) is 18.2 Å². The van der Waals surface area contributed by atoms with Gasteiger partial charge in [-0.15, -0.1) is 0 Å². The Balaban J connectivity index is 2.08. The van der Waals surface area contributed by atoms with Crippen molar-refractivity contribution in [2.45, 2.75) is 18.3 Å². The Bertz CT molecular complexity index is 403. The van der Waals surface area contributed by atoms with Crippen LogP contribution in [0.2, 0.25) is 0 Å². The summed E-state index contributed by atoms with van der Waals surface area (Å²) in [7, 11) is 1.72. The maximum Gasteiger partial charge on any atom is 0.127 e. The van der Waals surface area contributed by atoms with Gasteiger partial charge in [0.15, 0.2) is 0 Å². The number of methoxy groups -OCH3 is 1. The third-order valence-electron chi connectivity index (χ3n) is 4.26. The van der Waals surface area contributed by atoms with E-state index in [2.05, 4.69) is 4.90 Å². The van der Waals surface area contributed by atoms with Crippen molar-refractivity contribution in [1.29, 1.82) is 0 Å². The van der Waals surface area contributed by atoms with Crippen LogP contribution in [0.5, 0.6) is 0 Å². The lowest BCUT2D eigenvalue weighted by molar-refractivity contribution is 0.110. The van der Waals surface area contributed by atoms with Crippen molar-refractivity contribution in [2.24, 2.45) is 5.73 Å². The number of likely N-dealkylation sites (tertiary alicyclic amines) is 1. The SMILES string of the molecule is COCCN1CCC(CN)(c2ccccc2F)CC1. The molecule has 0 atom stereocenters. The van der Waals surface area contributed by atoms with Crippen molar-refractivity contribution in [2.75, 3.05) is 39.9 Å². The van der Waals surface area contributed by atoms with Gasteiger partial charge in [-0.3, -0.25) is 0 Å². The molecule has 3 nitrogen and oxygen atoms in total. The third kappa shape index (κ3) is 3.14. The van der Waals surface area contributed by atoms with Gasteiger partial charge in [0.05, 0.1) is 6.61 Å². The van der Waals surface area contributed by atoms with E-state index >= 15 is 0 Å². The van der Waals surface area contributed by atoms with E-state index in [0.29, 0.717) is 6.54 Å². The molecule has 2 N–H and O–H groups in total. The van der Waals surface area contributed by atoms with Gasteiger partial charge in [0.25, 0.3) is 0 Å². The second-order valence-electron chi connectivity index (χ2n) is 5.30. The summed E-state index contributed by atoms with van der Waals surface area (Å²) in [5, 5.41) is 0. The van der Waals surface area contributed by atoms with Crippen LogP contribution in [0, 0.1) is 5.82 Å². The van der Waals surface area contributed by atoms with Crippen LogP contribution < -0.4 is 5.73 Å². The second-order valence-corrected chi connectivity index (χ2v) is 5.30. The van der Waals surface area contributed by atoms with Crippen LogP contribution in [0.25, 0.3) is 0 Å². The van der Waals surface area contributed by atoms with Crippen molar-refractivity contribution >= 4 is 0 Å². The van der Waals surface area contributed by atoms with E-state index in [-0.39, 0.29) is 11.2 Å². The summed E-state index contributed by atoms with van der Waals surface area (Å²) >= 11 is 0. The van der Waals surface area contributed by atoms with E-state index in [1.165, 1.54) is 6.07 Å². The zero-order valence-electron chi connectivity index (χ0n) is 11.6. The quantitative estimate of drug-likeness (QED) is 0.882. The topological polar surface area (TPSA) is 38.5 Å². The highest BCUT2D eigenvalue weighted by Gasteiger charge is 2.36. The zero-order chi connectivity index (χ0) is 13.7. The van der Waals surface area contributed by atoms with Crippen molar-refractivity contribution in [3.63, 3.8) is 0 Å². The van der Waals surface area contributed by atoms with E-state index in [9.17, 15) is 4.39 Å². The predicted octanol–water partition coefficient (Wildman–Crippen LogP) is 1.76. The Labute approximate surface area is 114 Å². The largest absolute Gasteiger partial charge is 0.383 e. The van der Waals surface area contributed by atoms with Gasteiger partial charge >= 0.3 is 0 Å². The van der Waals surface area contributed by atoms with Gasteiger partial charge in [-0.05, 0) is 37.6 Å². The standard InChI is InChI=1S/C15H23FN2O/c1-19-11-10-18-8-6-15(12-17,7-9-18)13-4-2-3-5-14(13)16/h2-5H,6-12,17H2,1H3. The summed E-state index contributed by atoms with van der Waals surface area (Å²) in [6.07, 6.45) is 1.82. The van der Waals surface area contributed by atoms with Gasteiger partial charge in [-0.2, -0.15) is 0 Å². The van der Waals surface area contributed by atoms with E-state index < -0.39 is 0 Å². The van der Waals surface area contributed by atoms with Crippen molar-refractivity contribution in [3.05, 3.63) is 35.6 Å². The fraction of sp³-hybridized carbons (Fsp3) is 0.600. The number of benzene rings is 1. The summed E-state index contributed by atoms with van der Waals surface area (Å²) in [5.41, 5.74) is 6.56. The number of rotatable bonds is 5. The number of halogens is 1. The summed E-state index contributed by atoms with van der Waals surface area (Å²) in [6.45, 7) is 4.10. The van der Waals surface area contributed by atoms with Crippen LogP contribution in [0.3, 0.4) is 0 Å². The Morgan fingerprint density at radius 2 is 2.00 bits per heavy atom. The lowest BCUT2D eigenvalue weighted by atomic mass is 9.72. The molecular formula is C15H23FN2O. The number of hydrogen-bond acceptors (Lipinski definition) is 3. The summed E-state index contributed by atoms with van der Waals surface area (Å²) < 4.78 is 19.1. The highest BCUT2D eigenvalue weighted by molar-refractivity contribution is 5.28. The molecule has 0 spiro atoms. The summed E-state index contributed by atoms with van der Waals surface area (Å²) in [4.78, 5) is 2.36. The molecule has 0 aromatic heterocycles. The average molecular weight is 266 g/mol. The van der Waals surface area contributed by atoms with Gasteiger partial charge in [0.2, 0.25) is 0 Å². The van der Waals surface area contributed by atoms with Gasteiger partial charge in [0.1, 0.15) is 5.82 Å². The first-order valence-corrected chi connectivity index (χ1v) is 6.88. The van der Waals surface area contributed by atoms with E-state index in [1.54, 1.807) is 13.2 Å². The zero-order valence-corrected chi connectivity index (χ0v) is 11.6. The number of nitrogens with zero attached hydrogens (tertiary/aromatic N) is 1. The fourth-order valence-corrected chi connectivity index (χ4v) is 2.90. The number of hydrogen-bond donors (Lipinski definition) is 1. The smallest absolute Gasteiger partial charge is 0.127 e. The molecule has 0 radical (unpaired) electrons. The summed E-state index contributed by atoms with van der Waals surface area (Å²) in [5.74, 6) is -0.127. The molecule has 1 fully saturated rings. The molecule has 2 rings (SSSR count). The lowest BCUT2D eigenvalue weighted by Crippen LogP contribution is -2.47. The van der Waals surface area contributed by atoms with E-state index in [0.717, 1.165) is 44.6 Å². The highest BCUT2D eigenvalue weighted by Crippen LogP contribution is 2.35. The van der Waals surface area contributed by atoms with Crippen LogP contribution >= 0.6 is 0 Å². The van der Waals surface area contributed by atoms with Crippen LogP contribution in [0.15, 0.2) is 24.3 Å². The molecular weight excluding hydrogens is 243 g/mol. The van der Waals surface area contributed by atoms with E-state index in [4.69, 9.17) is 10.5 Å². The molecule has 0 unspecified atom stereocenters. The minimum Gasteiger partial charge on any atom is -0.383 e. The molecule has 1 saturated heterocycles. The van der Waals surface area contributed by atoms with E-state index in [1.807, 2.05) is 12.1 Å². The molecule has 1 aliphatic heterocycles. The first-order valence-electron chi connectivity index (χ1n) is 6.88. The minimum atomic E-state index is -0.199. The van der Waals surface area contributed by atoms with Crippen molar-refractivity contribution in [3.8, 4) is 0 Å². The second kappa shape index (κ2) is 6.46. The Kier molecular flexibility index (Phi) is 4.91. The van der Waals surface area contributed by atoms with Gasteiger partial charge < -0.3 is 15.4 Å². The first-order chi connectivity index (χ1) is 9.22. The fourth-order valence-electron chi connectivity index (χ4n) is 2.90. The molecule has 1 aromatic rings. The molecule has 106 valence electrons. The maximum atomic E-state index is 14.0. The molecule has 1 heterocycles. The molecule has 0 amide bonds. The molecule has 0 bridgehead atoms. The summed E-state index contributed by atoms with van der Waals surface area (Å²) in [6, 6.07) is 7.04. The molecule has 1 aliphatic rings. The molecule has 1 aromatic carbocycles. The van der Waals surface area contributed by atoms with Crippen molar-refractivity contribution < 1.29 is 9.13 Å². The maximum absolute atomic E-state index is 14.0. The number of nitrogens with two attached hydrogens (primary N) is 1. The van der Waals surface area contributed by atoms with Crippen LogP contribution in [0.4, 0.5) is 4.39 Å². The monoisotopic (exact) mass is 266 g/mol. The number of piperidine rings is 1. The minimum absolute atomic E-state index is 0.127. The van der Waals surface area contributed by atoms with Crippen LogP contribution in [-0.4, -0.2) is 44.8 Å². The molecule has 0 aliphatic carbocycles. The van der Waals surface area contributed by atoms with Crippen molar-refractivity contribution in [1.82, 2.24) is 4.90 Å². The Morgan fingerprint density at radius 1 is 1.32 bits per heavy atom. The third-order valence-corrected chi connectivity index (χ3v) is 4.26. The first kappa shape index (κ1) is 14.4. The predicted molar refractivity (Wildman–Crippen MR) is 74.7 cm³/mol. The average Bonchev–Trinajstić information content (AvgIpc) is 2.46. The normalized spacial score (nSPS) is 19.5.